The van der Waals surface area contributed by atoms with Crippen LogP contribution in [0.3, 0.4) is 0 Å². The van der Waals surface area contributed by atoms with Gasteiger partial charge in [0.1, 0.15) is 0 Å². The molecule has 13 heavy (non-hydrogen) atoms. The number of rotatable bonds is 1. The molecule has 5 heteroatoms. The summed E-state index contributed by atoms with van der Waals surface area (Å²) in [5.41, 5.74) is 0. The summed E-state index contributed by atoms with van der Waals surface area (Å²) in [6.07, 6.45) is 1.86. The van der Waals surface area contributed by atoms with Gasteiger partial charge in [0.05, 0.1) is 18.7 Å². The van der Waals surface area contributed by atoms with Gasteiger partial charge in [-0.2, -0.15) is 7.11 Å². The van der Waals surface area contributed by atoms with Gasteiger partial charge < -0.3 is 9.47 Å². The molecule has 0 aromatic carbocycles. The van der Waals surface area contributed by atoms with E-state index in [2.05, 4.69) is 11.8 Å². The van der Waals surface area contributed by atoms with E-state index in [0.29, 0.717) is 12.2 Å². The fraction of sp³-hybridized carbons (Fsp3) is 0.500. The molecule has 2 aliphatic heterocycles. The number of β-lactam (4-membered cyclic amide) rings is 1. The molecule has 4 nitrogen and oxygen atoms in total. The quantitative estimate of drug-likeness (QED) is 0.395. The first-order valence-corrected chi connectivity index (χ1v) is 3.82. The molecule has 2 atom stereocenters. The summed E-state index contributed by atoms with van der Waals surface area (Å²) in [4.78, 5) is 12.7. The number of ether oxygens (including phenoxy) is 2. The van der Waals surface area contributed by atoms with Crippen LogP contribution in [0.15, 0.2) is 12.0 Å². The molecule has 1 amide bonds. The molecule has 0 N–H and O–H groups in total. The SMILES string of the molecule is [CH2-]O/C=C1\O[C@@H]2CC(=O)N2C1C.[W]. The van der Waals surface area contributed by atoms with Crippen LogP contribution >= 0.6 is 0 Å². The van der Waals surface area contributed by atoms with E-state index in [0.717, 1.165) is 0 Å². The van der Waals surface area contributed by atoms with Crippen molar-refractivity contribution >= 4 is 5.91 Å². The largest absolute Gasteiger partial charge is 0.668 e. The van der Waals surface area contributed by atoms with Crippen LogP contribution in [0.5, 0.6) is 0 Å². The van der Waals surface area contributed by atoms with Crippen molar-refractivity contribution in [3.8, 4) is 0 Å². The molecule has 0 radical (unpaired) electrons. The molecule has 1 unspecified atom stereocenters. The van der Waals surface area contributed by atoms with Crippen LogP contribution in [-0.2, 0) is 35.3 Å². The number of hydrogen-bond acceptors (Lipinski definition) is 3. The summed E-state index contributed by atoms with van der Waals surface area (Å²) >= 11 is 0. The van der Waals surface area contributed by atoms with Gasteiger partial charge in [-0.1, -0.05) is 0 Å². The molecule has 0 saturated carbocycles. The first-order valence-electron chi connectivity index (χ1n) is 3.82. The second-order valence-electron chi connectivity index (χ2n) is 2.94. The van der Waals surface area contributed by atoms with Gasteiger partial charge >= 0.3 is 0 Å². The maximum Gasteiger partial charge on any atom is 0.231 e. The molecule has 2 fully saturated rings. The molecule has 0 aliphatic carbocycles. The number of carbonyl (C=O) groups is 1. The van der Waals surface area contributed by atoms with Crippen molar-refractivity contribution in [3.05, 3.63) is 19.1 Å². The molecule has 72 valence electrons. The molecular formula is C8H10NO3W-. The van der Waals surface area contributed by atoms with E-state index in [1.165, 1.54) is 6.26 Å². The second-order valence-corrected chi connectivity index (χ2v) is 2.94. The number of hydrogen-bond donors (Lipinski definition) is 0. The Morgan fingerprint density at radius 3 is 2.92 bits per heavy atom. The van der Waals surface area contributed by atoms with Crippen molar-refractivity contribution < 1.29 is 35.3 Å². The fourth-order valence-corrected chi connectivity index (χ4v) is 1.57. The van der Waals surface area contributed by atoms with E-state index in [-0.39, 0.29) is 39.2 Å². The summed E-state index contributed by atoms with van der Waals surface area (Å²) in [5, 5.41) is 0. The third kappa shape index (κ3) is 1.48. The van der Waals surface area contributed by atoms with Gasteiger partial charge in [-0.15, -0.1) is 0 Å². The summed E-state index contributed by atoms with van der Waals surface area (Å²) in [6, 6.07) is -0.00185. The summed E-state index contributed by atoms with van der Waals surface area (Å²) in [7, 11) is 3.21. The number of fused-ring (bicyclic) bond motifs is 1. The Hall–Kier alpha value is -0.502. The third-order valence-corrected chi connectivity index (χ3v) is 2.25. The zero-order valence-electron chi connectivity index (χ0n) is 7.23. The van der Waals surface area contributed by atoms with Crippen LogP contribution in [0.25, 0.3) is 0 Å². The van der Waals surface area contributed by atoms with Gasteiger partial charge in [0.25, 0.3) is 0 Å². The summed E-state index contributed by atoms with van der Waals surface area (Å²) < 4.78 is 9.97. The molecule has 0 spiro atoms. The Morgan fingerprint density at radius 2 is 2.46 bits per heavy atom. The smallest absolute Gasteiger partial charge is 0.231 e. The molecular weight excluding hydrogens is 342 g/mol. The Kier molecular flexibility index (Phi) is 3.01. The molecule has 0 bridgehead atoms. The van der Waals surface area contributed by atoms with Gasteiger partial charge in [-0.3, -0.25) is 9.69 Å². The molecule has 2 rings (SSSR count). The van der Waals surface area contributed by atoms with Crippen LogP contribution in [-0.4, -0.2) is 23.1 Å². The van der Waals surface area contributed by atoms with Gasteiger partial charge in [0, 0.05) is 21.1 Å². The van der Waals surface area contributed by atoms with Crippen molar-refractivity contribution in [2.75, 3.05) is 0 Å². The van der Waals surface area contributed by atoms with Crippen LogP contribution in [0.1, 0.15) is 13.3 Å². The van der Waals surface area contributed by atoms with Gasteiger partial charge in [-0.05, 0) is 6.92 Å². The monoisotopic (exact) mass is 352 g/mol. The molecule has 0 aromatic rings. The Balaban J connectivity index is 0.000000845. The molecule has 0 aromatic heterocycles. The van der Waals surface area contributed by atoms with Crippen LogP contribution < -0.4 is 0 Å². The van der Waals surface area contributed by atoms with E-state index >= 15 is 0 Å². The zero-order valence-corrected chi connectivity index (χ0v) is 10.2. The number of nitrogens with zero attached hydrogens (tertiary/aromatic N) is 1. The minimum absolute atomic E-state index is 0. The minimum Gasteiger partial charge on any atom is -0.668 e. The van der Waals surface area contributed by atoms with E-state index < -0.39 is 0 Å². The predicted octanol–water partition coefficient (Wildman–Crippen LogP) is 0.611. The standard InChI is InChI=1S/C8H10NO3.W/c1-5-6(4-11-2)12-8-3-7(10)9(5)8;/h4-5,8H,2-3H2,1H3;/q-1;/b6-4-;/t5?,8-;/m1./s1. The van der Waals surface area contributed by atoms with E-state index in [4.69, 9.17) is 4.74 Å². The summed E-state index contributed by atoms with van der Waals surface area (Å²) in [5.74, 6) is 0.820. The van der Waals surface area contributed by atoms with Crippen molar-refractivity contribution in [2.24, 2.45) is 0 Å². The third-order valence-electron chi connectivity index (χ3n) is 2.25. The number of carbonyl (C=O) groups excluding carboxylic acids is 1. The maximum atomic E-state index is 11.0. The molecule has 2 saturated heterocycles. The minimum atomic E-state index is -0.0612. The Labute approximate surface area is 91.1 Å². The first kappa shape index (κ1) is 10.6. The molecule has 2 heterocycles. The van der Waals surface area contributed by atoms with Crippen molar-refractivity contribution in [2.45, 2.75) is 25.6 Å². The van der Waals surface area contributed by atoms with Crippen molar-refractivity contribution in [1.29, 1.82) is 0 Å². The van der Waals surface area contributed by atoms with Crippen molar-refractivity contribution in [1.82, 2.24) is 4.90 Å². The average Bonchev–Trinajstić information content (AvgIpc) is 2.24. The van der Waals surface area contributed by atoms with Crippen LogP contribution in [0.2, 0.25) is 0 Å². The van der Waals surface area contributed by atoms with E-state index in [9.17, 15) is 4.79 Å². The Morgan fingerprint density at radius 1 is 1.77 bits per heavy atom. The second kappa shape index (κ2) is 3.70. The van der Waals surface area contributed by atoms with Crippen LogP contribution in [0, 0.1) is 7.11 Å². The average molecular weight is 352 g/mol. The molecule has 2 aliphatic rings. The van der Waals surface area contributed by atoms with Crippen molar-refractivity contribution in [3.63, 3.8) is 0 Å². The normalized spacial score (nSPS) is 33.2. The van der Waals surface area contributed by atoms with Crippen LogP contribution in [0.4, 0.5) is 0 Å². The van der Waals surface area contributed by atoms with E-state index in [1.807, 2.05) is 6.92 Å². The predicted molar refractivity (Wildman–Crippen MR) is 40.3 cm³/mol. The number of amides is 1. The van der Waals surface area contributed by atoms with Gasteiger partial charge in [-0.25, -0.2) is 0 Å². The Bertz CT molecular complexity index is 254. The zero-order chi connectivity index (χ0) is 8.72. The van der Waals surface area contributed by atoms with E-state index in [1.54, 1.807) is 4.90 Å². The first-order chi connectivity index (χ1) is 5.74. The van der Waals surface area contributed by atoms with Gasteiger partial charge in [0.15, 0.2) is 12.0 Å². The maximum absolute atomic E-state index is 11.0. The topological polar surface area (TPSA) is 38.8 Å². The summed E-state index contributed by atoms with van der Waals surface area (Å²) in [6.45, 7) is 1.90. The fourth-order valence-electron chi connectivity index (χ4n) is 1.57. The van der Waals surface area contributed by atoms with Gasteiger partial charge in [0.2, 0.25) is 5.91 Å².